The highest BCUT2D eigenvalue weighted by Gasteiger charge is 2.35. The van der Waals surface area contributed by atoms with Crippen LogP contribution in [-0.4, -0.2) is 71.4 Å². The number of amides is 1. The van der Waals surface area contributed by atoms with E-state index in [4.69, 9.17) is 5.73 Å². The molecule has 0 radical (unpaired) electrons. The summed E-state index contributed by atoms with van der Waals surface area (Å²) < 4.78 is 0. The zero-order valence-corrected chi connectivity index (χ0v) is 13.9. The maximum absolute atomic E-state index is 11.2. The van der Waals surface area contributed by atoms with Crippen molar-refractivity contribution < 1.29 is 15.0 Å². The monoisotopic (exact) mass is 340 g/mol. The minimum Gasteiger partial charge on any atom is -0.396 e. The Morgan fingerprint density at radius 3 is 2.65 bits per heavy atom. The summed E-state index contributed by atoms with van der Waals surface area (Å²) in [6, 6.07) is 0. The SMILES string of the molecule is NC(=O)c1csc(N2C[C@@H](CO)[C@@H](CN3CCC(O)CC3)C2)n1. The van der Waals surface area contributed by atoms with E-state index in [1.165, 1.54) is 11.3 Å². The van der Waals surface area contributed by atoms with Crippen LogP contribution in [0.1, 0.15) is 23.3 Å². The first-order valence-electron chi connectivity index (χ1n) is 8.08. The molecule has 8 heteroatoms. The van der Waals surface area contributed by atoms with Crippen LogP contribution in [-0.2, 0) is 0 Å². The van der Waals surface area contributed by atoms with E-state index in [1.807, 2.05) is 0 Å². The van der Waals surface area contributed by atoms with Gasteiger partial charge in [0.05, 0.1) is 6.10 Å². The summed E-state index contributed by atoms with van der Waals surface area (Å²) in [6.45, 7) is 4.51. The summed E-state index contributed by atoms with van der Waals surface area (Å²) in [7, 11) is 0. The number of hydrogen-bond acceptors (Lipinski definition) is 7. The molecule has 1 aromatic heterocycles. The number of nitrogens with zero attached hydrogens (tertiary/aromatic N) is 3. The maximum atomic E-state index is 11.2. The Bertz CT molecular complexity index is 545. The molecule has 2 atom stereocenters. The number of aliphatic hydroxyl groups is 2. The maximum Gasteiger partial charge on any atom is 0.268 e. The van der Waals surface area contributed by atoms with Crippen molar-refractivity contribution in [2.75, 3.05) is 44.2 Å². The van der Waals surface area contributed by atoms with E-state index in [9.17, 15) is 15.0 Å². The van der Waals surface area contributed by atoms with Gasteiger partial charge in [0.15, 0.2) is 5.13 Å². The third kappa shape index (κ3) is 3.82. The Labute approximate surface area is 139 Å². The number of primary amides is 1. The molecule has 2 fully saturated rings. The molecule has 0 bridgehead atoms. The number of aromatic nitrogens is 1. The molecule has 0 saturated carbocycles. The molecular formula is C15H24N4O3S. The number of aliphatic hydroxyl groups excluding tert-OH is 2. The first-order valence-corrected chi connectivity index (χ1v) is 8.96. The van der Waals surface area contributed by atoms with Gasteiger partial charge < -0.3 is 25.7 Å². The fourth-order valence-corrected chi connectivity index (χ4v) is 4.30. The van der Waals surface area contributed by atoms with Crippen LogP contribution in [0.4, 0.5) is 5.13 Å². The molecule has 2 saturated heterocycles. The van der Waals surface area contributed by atoms with Crippen molar-refractivity contribution in [3.05, 3.63) is 11.1 Å². The van der Waals surface area contributed by atoms with E-state index < -0.39 is 5.91 Å². The van der Waals surface area contributed by atoms with Crippen LogP contribution in [0.5, 0.6) is 0 Å². The average molecular weight is 340 g/mol. The highest BCUT2D eigenvalue weighted by molar-refractivity contribution is 7.13. The molecule has 0 aromatic carbocycles. The smallest absolute Gasteiger partial charge is 0.268 e. The lowest BCUT2D eigenvalue weighted by atomic mass is 9.95. The van der Waals surface area contributed by atoms with Gasteiger partial charge in [-0.1, -0.05) is 0 Å². The summed E-state index contributed by atoms with van der Waals surface area (Å²) >= 11 is 1.42. The van der Waals surface area contributed by atoms with Crippen molar-refractivity contribution in [1.82, 2.24) is 9.88 Å². The number of carbonyl (C=O) groups is 1. The molecule has 3 rings (SSSR count). The molecule has 4 N–H and O–H groups in total. The minimum atomic E-state index is -0.506. The highest BCUT2D eigenvalue weighted by Crippen LogP contribution is 2.31. The van der Waals surface area contributed by atoms with E-state index in [-0.39, 0.29) is 18.6 Å². The van der Waals surface area contributed by atoms with Crippen molar-refractivity contribution in [3.63, 3.8) is 0 Å². The number of piperidine rings is 1. The zero-order valence-electron chi connectivity index (χ0n) is 13.1. The fourth-order valence-electron chi connectivity index (χ4n) is 3.46. The molecular weight excluding hydrogens is 316 g/mol. The molecule has 1 aromatic rings. The van der Waals surface area contributed by atoms with Crippen LogP contribution in [0.15, 0.2) is 5.38 Å². The lowest BCUT2D eigenvalue weighted by Gasteiger charge is -2.32. The van der Waals surface area contributed by atoms with Gasteiger partial charge in [0, 0.05) is 50.6 Å². The molecule has 1 amide bonds. The number of hydrogen-bond donors (Lipinski definition) is 3. The number of likely N-dealkylation sites (tertiary alicyclic amines) is 1. The van der Waals surface area contributed by atoms with Crippen LogP contribution >= 0.6 is 11.3 Å². The van der Waals surface area contributed by atoms with Gasteiger partial charge in [-0.15, -0.1) is 11.3 Å². The Balaban J connectivity index is 1.61. The molecule has 0 unspecified atom stereocenters. The Morgan fingerprint density at radius 1 is 1.35 bits per heavy atom. The molecule has 3 heterocycles. The normalized spacial score (nSPS) is 26.8. The van der Waals surface area contributed by atoms with Gasteiger partial charge >= 0.3 is 0 Å². The third-order valence-corrected chi connectivity index (χ3v) is 5.78. The molecule has 128 valence electrons. The summed E-state index contributed by atoms with van der Waals surface area (Å²) in [4.78, 5) is 20.0. The second kappa shape index (κ2) is 7.12. The largest absolute Gasteiger partial charge is 0.396 e. The van der Waals surface area contributed by atoms with E-state index >= 15 is 0 Å². The third-order valence-electron chi connectivity index (χ3n) is 4.88. The number of thiazole rings is 1. The van der Waals surface area contributed by atoms with E-state index in [0.717, 1.165) is 50.7 Å². The van der Waals surface area contributed by atoms with Crippen LogP contribution < -0.4 is 10.6 Å². The van der Waals surface area contributed by atoms with Gasteiger partial charge in [0.2, 0.25) is 0 Å². The molecule has 23 heavy (non-hydrogen) atoms. The molecule has 7 nitrogen and oxygen atoms in total. The Kier molecular flexibility index (Phi) is 5.15. The van der Waals surface area contributed by atoms with Gasteiger partial charge in [-0.3, -0.25) is 4.79 Å². The van der Waals surface area contributed by atoms with Gasteiger partial charge in [-0.05, 0) is 18.8 Å². The van der Waals surface area contributed by atoms with Gasteiger partial charge in [0.1, 0.15) is 5.69 Å². The molecule has 2 aliphatic rings. The first kappa shape index (κ1) is 16.6. The number of rotatable bonds is 5. The number of anilines is 1. The van der Waals surface area contributed by atoms with Gasteiger partial charge in [-0.2, -0.15) is 0 Å². The minimum absolute atomic E-state index is 0.158. The first-order chi connectivity index (χ1) is 11.1. The summed E-state index contributed by atoms with van der Waals surface area (Å²) in [5, 5.41) is 21.8. The lowest BCUT2D eigenvalue weighted by Crippen LogP contribution is -2.40. The van der Waals surface area contributed by atoms with Crippen molar-refractivity contribution in [2.45, 2.75) is 18.9 Å². The summed E-state index contributed by atoms with van der Waals surface area (Å²) in [6.07, 6.45) is 1.49. The topological polar surface area (TPSA) is 103 Å². The number of carbonyl (C=O) groups excluding carboxylic acids is 1. The average Bonchev–Trinajstić information content (AvgIpc) is 3.16. The van der Waals surface area contributed by atoms with Crippen LogP contribution in [0.3, 0.4) is 0 Å². The summed E-state index contributed by atoms with van der Waals surface area (Å²) in [5.41, 5.74) is 5.57. The Hall–Kier alpha value is -1.22. The van der Waals surface area contributed by atoms with Crippen LogP contribution in [0.2, 0.25) is 0 Å². The summed E-state index contributed by atoms with van der Waals surface area (Å²) in [5.74, 6) is 0.0766. The number of nitrogens with two attached hydrogens (primary N) is 1. The predicted octanol–water partition coefficient (Wildman–Crippen LogP) is -0.257. The van der Waals surface area contributed by atoms with Crippen molar-refractivity contribution in [2.24, 2.45) is 17.6 Å². The standard InChI is InChI=1S/C15H24N4O3S/c16-14(22)13-9-23-15(17-13)19-6-10(11(7-19)8-20)5-18-3-1-12(21)2-4-18/h9-12,20-21H,1-8H2,(H2,16,22)/t10-,11-/m0/s1. The van der Waals surface area contributed by atoms with Crippen molar-refractivity contribution in [3.8, 4) is 0 Å². The highest BCUT2D eigenvalue weighted by atomic mass is 32.1. The van der Waals surface area contributed by atoms with Crippen LogP contribution in [0.25, 0.3) is 0 Å². The second-order valence-corrected chi connectivity index (χ2v) is 7.36. The zero-order chi connectivity index (χ0) is 16.4. The lowest BCUT2D eigenvalue weighted by molar-refractivity contribution is 0.0687. The predicted molar refractivity (Wildman–Crippen MR) is 88.6 cm³/mol. The van der Waals surface area contributed by atoms with E-state index in [1.54, 1.807) is 5.38 Å². The second-order valence-electron chi connectivity index (χ2n) is 6.52. The van der Waals surface area contributed by atoms with Gasteiger partial charge in [0.25, 0.3) is 5.91 Å². The molecule has 2 aliphatic heterocycles. The van der Waals surface area contributed by atoms with E-state index in [0.29, 0.717) is 11.6 Å². The van der Waals surface area contributed by atoms with Crippen molar-refractivity contribution >= 4 is 22.4 Å². The quantitative estimate of drug-likeness (QED) is 0.683. The Morgan fingerprint density at radius 2 is 2.04 bits per heavy atom. The van der Waals surface area contributed by atoms with Crippen molar-refractivity contribution in [1.29, 1.82) is 0 Å². The molecule has 0 aliphatic carbocycles. The fraction of sp³-hybridized carbons (Fsp3) is 0.733. The van der Waals surface area contributed by atoms with E-state index in [2.05, 4.69) is 14.8 Å². The molecule has 0 spiro atoms. The van der Waals surface area contributed by atoms with Gasteiger partial charge in [-0.25, -0.2) is 4.98 Å². The van der Waals surface area contributed by atoms with Crippen LogP contribution in [0, 0.1) is 11.8 Å².